The van der Waals surface area contributed by atoms with Crippen molar-refractivity contribution >= 4 is 80.4 Å². The second-order valence-corrected chi connectivity index (χ2v) is 8.50. The normalized spacial score (nSPS) is 10.7. The monoisotopic (exact) mass is 567 g/mol. The van der Waals surface area contributed by atoms with Crippen LogP contribution >= 0.6 is 50.7 Å². The lowest BCUT2D eigenvalue weighted by Crippen LogP contribution is -2.32. The molecule has 33 heavy (non-hydrogen) atoms. The SMILES string of the molecule is O=C(N/N=C/c1cc(Br)ccc1OC(=O)c1ccccc1Cl)C(=O)Nc1cc(Cl)ccc1Cl. The molecule has 2 amide bonds. The predicted octanol–water partition coefficient (Wildman–Crippen LogP) is 5.72. The number of anilines is 1. The number of amides is 2. The summed E-state index contributed by atoms with van der Waals surface area (Å²) in [5, 5.41) is 6.89. The first kappa shape index (κ1) is 24.7. The molecule has 168 valence electrons. The zero-order valence-electron chi connectivity index (χ0n) is 16.4. The van der Waals surface area contributed by atoms with Crippen molar-refractivity contribution in [2.24, 2.45) is 5.10 Å². The molecule has 0 fully saturated rings. The minimum Gasteiger partial charge on any atom is -0.422 e. The molecule has 3 rings (SSSR count). The summed E-state index contributed by atoms with van der Waals surface area (Å²) >= 11 is 21.2. The third-order valence-corrected chi connectivity index (χ3v) is 5.41. The maximum atomic E-state index is 12.5. The zero-order valence-corrected chi connectivity index (χ0v) is 20.3. The van der Waals surface area contributed by atoms with Gasteiger partial charge < -0.3 is 10.1 Å². The minimum atomic E-state index is -1.05. The third kappa shape index (κ3) is 6.79. The molecular weight excluding hydrogens is 557 g/mol. The average molecular weight is 570 g/mol. The van der Waals surface area contributed by atoms with E-state index in [0.717, 1.165) is 0 Å². The second-order valence-electron chi connectivity index (χ2n) is 6.33. The molecule has 0 spiro atoms. The van der Waals surface area contributed by atoms with Gasteiger partial charge in [-0.2, -0.15) is 5.10 Å². The van der Waals surface area contributed by atoms with Gasteiger partial charge in [0.2, 0.25) is 0 Å². The highest BCUT2D eigenvalue weighted by atomic mass is 79.9. The van der Waals surface area contributed by atoms with Gasteiger partial charge in [0.25, 0.3) is 0 Å². The first-order chi connectivity index (χ1) is 15.7. The van der Waals surface area contributed by atoms with E-state index in [2.05, 4.69) is 31.8 Å². The summed E-state index contributed by atoms with van der Waals surface area (Å²) in [7, 11) is 0. The smallest absolute Gasteiger partial charge is 0.345 e. The fraction of sp³-hybridized carbons (Fsp3) is 0. The van der Waals surface area contributed by atoms with Crippen LogP contribution in [0.3, 0.4) is 0 Å². The Kier molecular flexibility index (Phi) is 8.46. The third-order valence-electron chi connectivity index (χ3n) is 4.02. The molecule has 3 aromatic rings. The Morgan fingerprint density at radius 1 is 0.909 bits per heavy atom. The summed E-state index contributed by atoms with van der Waals surface area (Å²) in [4.78, 5) is 36.6. The fourth-order valence-electron chi connectivity index (χ4n) is 2.48. The number of hydrazone groups is 1. The van der Waals surface area contributed by atoms with Gasteiger partial charge in [0, 0.05) is 15.1 Å². The Hall–Kier alpha value is -2.91. The summed E-state index contributed by atoms with van der Waals surface area (Å²) in [5.41, 5.74) is 2.81. The lowest BCUT2D eigenvalue weighted by molar-refractivity contribution is -0.136. The molecule has 0 atom stereocenters. The summed E-state index contributed by atoms with van der Waals surface area (Å²) in [5.74, 6) is -2.56. The second kappa shape index (κ2) is 11.3. The minimum absolute atomic E-state index is 0.163. The molecule has 0 radical (unpaired) electrons. The van der Waals surface area contributed by atoms with E-state index in [1.54, 1.807) is 30.3 Å². The standard InChI is InChI=1S/C22H13BrCl3N3O4/c23-13-5-8-19(33-22(32)15-3-1-2-4-16(15)25)12(9-13)11-27-29-21(31)20(30)28-18-10-14(24)6-7-17(18)26/h1-11H,(H,28,30)(H,29,31)/b27-11+. The van der Waals surface area contributed by atoms with Crippen LogP contribution in [0.4, 0.5) is 5.69 Å². The van der Waals surface area contributed by atoms with E-state index < -0.39 is 17.8 Å². The van der Waals surface area contributed by atoms with Crippen LogP contribution in [-0.4, -0.2) is 24.0 Å². The maximum Gasteiger partial charge on any atom is 0.345 e. The summed E-state index contributed by atoms with van der Waals surface area (Å²) < 4.78 is 6.09. The first-order valence-corrected chi connectivity index (χ1v) is 11.0. The number of nitrogens with one attached hydrogen (secondary N) is 2. The lowest BCUT2D eigenvalue weighted by Gasteiger charge is -2.09. The number of carbonyl (C=O) groups is 3. The molecule has 0 aliphatic rings. The predicted molar refractivity (Wildman–Crippen MR) is 131 cm³/mol. The van der Waals surface area contributed by atoms with Crippen molar-refractivity contribution in [1.82, 2.24) is 5.43 Å². The number of benzene rings is 3. The van der Waals surface area contributed by atoms with Crippen LogP contribution in [0.25, 0.3) is 0 Å². The number of hydrogen-bond donors (Lipinski definition) is 2. The molecule has 7 nitrogen and oxygen atoms in total. The van der Waals surface area contributed by atoms with E-state index >= 15 is 0 Å². The number of hydrogen-bond acceptors (Lipinski definition) is 5. The van der Waals surface area contributed by atoms with Crippen molar-refractivity contribution in [3.05, 3.63) is 91.3 Å². The van der Waals surface area contributed by atoms with Crippen molar-refractivity contribution in [1.29, 1.82) is 0 Å². The molecule has 3 aromatic carbocycles. The van der Waals surface area contributed by atoms with E-state index in [1.807, 2.05) is 0 Å². The number of carbonyl (C=O) groups excluding carboxylic acids is 3. The highest BCUT2D eigenvalue weighted by Crippen LogP contribution is 2.26. The maximum absolute atomic E-state index is 12.5. The number of nitrogens with zero attached hydrogens (tertiary/aromatic N) is 1. The van der Waals surface area contributed by atoms with Gasteiger partial charge in [-0.25, -0.2) is 10.2 Å². The topological polar surface area (TPSA) is 96.9 Å². The molecule has 0 saturated heterocycles. The molecule has 11 heteroatoms. The number of rotatable bonds is 5. The Balaban J connectivity index is 1.69. The van der Waals surface area contributed by atoms with Crippen LogP contribution in [-0.2, 0) is 9.59 Å². The van der Waals surface area contributed by atoms with Crippen molar-refractivity contribution in [2.75, 3.05) is 5.32 Å². The summed E-state index contributed by atoms with van der Waals surface area (Å²) in [6.45, 7) is 0. The van der Waals surface area contributed by atoms with Crippen molar-refractivity contribution < 1.29 is 19.1 Å². The fourth-order valence-corrected chi connectivity index (χ4v) is 3.41. The van der Waals surface area contributed by atoms with Gasteiger partial charge >= 0.3 is 17.8 Å². The molecule has 0 aromatic heterocycles. The van der Waals surface area contributed by atoms with Crippen LogP contribution in [0.2, 0.25) is 15.1 Å². The molecule has 0 bridgehead atoms. The van der Waals surface area contributed by atoms with Gasteiger partial charge in [0.15, 0.2) is 0 Å². The average Bonchev–Trinajstić information content (AvgIpc) is 2.78. The largest absolute Gasteiger partial charge is 0.422 e. The number of esters is 1. The zero-order chi connectivity index (χ0) is 24.0. The highest BCUT2D eigenvalue weighted by Gasteiger charge is 2.16. The van der Waals surface area contributed by atoms with Gasteiger partial charge in [-0.3, -0.25) is 9.59 Å². The molecular formula is C22H13BrCl3N3O4. The molecule has 0 aliphatic carbocycles. The van der Waals surface area contributed by atoms with Crippen molar-refractivity contribution in [3.8, 4) is 5.75 Å². The van der Waals surface area contributed by atoms with Crippen LogP contribution in [0, 0.1) is 0 Å². The molecule has 0 unspecified atom stereocenters. The van der Waals surface area contributed by atoms with Crippen LogP contribution < -0.4 is 15.5 Å². The van der Waals surface area contributed by atoms with Gasteiger partial charge in [0.1, 0.15) is 5.75 Å². The van der Waals surface area contributed by atoms with E-state index in [0.29, 0.717) is 15.1 Å². The van der Waals surface area contributed by atoms with Gasteiger partial charge in [-0.1, -0.05) is 62.9 Å². The molecule has 0 saturated carbocycles. The highest BCUT2D eigenvalue weighted by molar-refractivity contribution is 9.10. The van der Waals surface area contributed by atoms with E-state index in [9.17, 15) is 14.4 Å². The Labute approximate surface area is 211 Å². The van der Waals surface area contributed by atoms with Crippen molar-refractivity contribution in [3.63, 3.8) is 0 Å². The number of ether oxygens (including phenoxy) is 1. The van der Waals surface area contributed by atoms with Crippen molar-refractivity contribution in [2.45, 2.75) is 0 Å². The number of halogens is 4. The van der Waals surface area contributed by atoms with Crippen LogP contribution in [0.1, 0.15) is 15.9 Å². The molecule has 0 heterocycles. The Bertz CT molecular complexity index is 1270. The molecule has 0 aliphatic heterocycles. The van der Waals surface area contributed by atoms with Crippen LogP contribution in [0.5, 0.6) is 5.75 Å². The molecule has 2 N–H and O–H groups in total. The Morgan fingerprint density at radius 2 is 1.67 bits per heavy atom. The van der Waals surface area contributed by atoms with Gasteiger partial charge in [-0.15, -0.1) is 0 Å². The van der Waals surface area contributed by atoms with E-state index in [4.69, 9.17) is 39.5 Å². The van der Waals surface area contributed by atoms with E-state index in [-0.39, 0.29) is 27.0 Å². The lowest BCUT2D eigenvalue weighted by atomic mass is 10.2. The first-order valence-electron chi connectivity index (χ1n) is 9.10. The van der Waals surface area contributed by atoms with Crippen LogP contribution in [0.15, 0.2) is 70.2 Å². The Morgan fingerprint density at radius 3 is 2.42 bits per heavy atom. The van der Waals surface area contributed by atoms with E-state index in [1.165, 1.54) is 36.5 Å². The quantitative estimate of drug-likeness (QED) is 0.135. The van der Waals surface area contributed by atoms with Gasteiger partial charge in [-0.05, 0) is 48.5 Å². The summed E-state index contributed by atoms with van der Waals surface area (Å²) in [6, 6.07) is 15.7. The van der Waals surface area contributed by atoms with Gasteiger partial charge in [0.05, 0.1) is 27.5 Å². The summed E-state index contributed by atoms with van der Waals surface area (Å²) in [6.07, 6.45) is 1.22.